The molecule has 0 spiro atoms. The molecule has 0 bridgehead atoms. The molecule has 3 N–H and O–H groups in total. The van der Waals surface area contributed by atoms with Crippen LogP contribution in [0.2, 0.25) is 0 Å². The van der Waals surface area contributed by atoms with Crippen LogP contribution in [0.5, 0.6) is 0 Å². The number of benzene rings is 1. The molecule has 98 valence electrons. The number of ether oxygens (including phenoxy) is 1. The van der Waals surface area contributed by atoms with Crippen LogP contribution in [0, 0.1) is 15.9 Å². The normalized spacial score (nSPS) is 11.9. The summed E-state index contributed by atoms with van der Waals surface area (Å²) in [5.74, 6) is -0.777. The van der Waals surface area contributed by atoms with Gasteiger partial charge in [0.2, 0.25) is 0 Å². The number of non-ortho nitro benzene ring substituents is 1. The van der Waals surface area contributed by atoms with Crippen molar-refractivity contribution >= 4 is 11.8 Å². The first kappa shape index (κ1) is 13.8. The molecule has 1 amide bonds. The number of amides is 1. The predicted octanol–water partition coefficient (Wildman–Crippen LogP) is 1.25. The van der Waals surface area contributed by atoms with E-state index >= 15 is 0 Å². The standard InChI is InChI=1S/C10H11FN2O5/c11-8-2-1-6(13(16)17)5-7(8)9(3-4-14)18-10(12)15/h1-2,5,9,14H,3-4H2,(H2,12,15). The number of nitrogens with two attached hydrogens (primary N) is 1. The molecule has 0 aliphatic heterocycles. The van der Waals surface area contributed by atoms with Crippen molar-refractivity contribution in [3.63, 3.8) is 0 Å². The highest BCUT2D eigenvalue weighted by Crippen LogP contribution is 2.27. The minimum absolute atomic E-state index is 0.110. The maximum atomic E-state index is 13.5. The van der Waals surface area contributed by atoms with Gasteiger partial charge in [-0.2, -0.15) is 0 Å². The van der Waals surface area contributed by atoms with Crippen molar-refractivity contribution in [2.75, 3.05) is 6.61 Å². The van der Waals surface area contributed by atoms with Crippen LogP contribution in [0.25, 0.3) is 0 Å². The van der Waals surface area contributed by atoms with Crippen LogP contribution in [0.4, 0.5) is 14.9 Å². The first-order valence-corrected chi connectivity index (χ1v) is 4.96. The molecule has 0 aliphatic rings. The number of rotatable bonds is 5. The summed E-state index contributed by atoms with van der Waals surface area (Å²) in [7, 11) is 0. The minimum Gasteiger partial charge on any atom is -0.441 e. The number of hydrogen-bond donors (Lipinski definition) is 2. The summed E-state index contributed by atoms with van der Waals surface area (Å²) in [4.78, 5) is 20.5. The molecule has 0 heterocycles. The highest BCUT2D eigenvalue weighted by Gasteiger charge is 2.21. The van der Waals surface area contributed by atoms with Gasteiger partial charge in [0, 0.05) is 30.7 Å². The number of carbonyl (C=O) groups is 1. The number of halogens is 1. The van der Waals surface area contributed by atoms with Crippen LogP contribution in [0.1, 0.15) is 18.1 Å². The summed E-state index contributed by atoms with van der Waals surface area (Å²) in [6.07, 6.45) is -2.42. The monoisotopic (exact) mass is 258 g/mol. The molecule has 1 unspecified atom stereocenters. The zero-order valence-electron chi connectivity index (χ0n) is 9.21. The Balaban J connectivity index is 3.12. The van der Waals surface area contributed by atoms with Crippen LogP contribution in [-0.4, -0.2) is 22.7 Å². The maximum absolute atomic E-state index is 13.5. The van der Waals surface area contributed by atoms with Gasteiger partial charge in [-0.15, -0.1) is 0 Å². The van der Waals surface area contributed by atoms with Crippen LogP contribution >= 0.6 is 0 Å². The predicted molar refractivity (Wildman–Crippen MR) is 58.2 cm³/mol. The number of aliphatic hydroxyl groups is 1. The highest BCUT2D eigenvalue weighted by molar-refractivity contribution is 5.65. The highest BCUT2D eigenvalue weighted by atomic mass is 19.1. The number of aliphatic hydroxyl groups excluding tert-OH is 1. The molecule has 1 atom stereocenters. The minimum atomic E-state index is -1.16. The van der Waals surface area contributed by atoms with Crippen molar-refractivity contribution in [2.45, 2.75) is 12.5 Å². The topological polar surface area (TPSA) is 116 Å². The van der Waals surface area contributed by atoms with E-state index < -0.39 is 22.9 Å². The van der Waals surface area contributed by atoms with Gasteiger partial charge < -0.3 is 15.6 Å². The SMILES string of the molecule is NC(=O)OC(CCO)c1cc([N+](=O)[O-])ccc1F. The van der Waals surface area contributed by atoms with Crippen molar-refractivity contribution < 1.29 is 24.0 Å². The fourth-order valence-corrected chi connectivity index (χ4v) is 1.43. The van der Waals surface area contributed by atoms with Gasteiger partial charge in [-0.25, -0.2) is 9.18 Å². The number of nitro groups is 1. The molecular formula is C10H11FN2O5. The van der Waals surface area contributed by atoms with Crippen molar-refractivity contribution in [2.24, 2.45) is 5.73 Å². The van der Waals surface area contributed by atoms with Crippen molar-refractivity contribution in [1.82, 2.24) is 0 Å². The van der Waals surface area contributed by atoms with Gasteiger partial charge in [-0.1, -0.05) is 0 Å². The van der Waals surface area contributed by atoms with Crippen molar-refractivity contribution in [1.29, 1.82) is 0 Å². The van der Waals surface area contributed by atoms with Gasteiger partial charge in [0.05, 0.1) is 4.92 Å². The van der Waals surface area contributed by atoms with Crippen LogP contribution in [0.3, 0.4) is 0 Å². The Labute approximate surface area is 101 Å². The van der Waals surface area contributed by atoms with E-state index in [1.807, 2.05) is 0 Å². The van der Waals surface area contributed by atoms with Crippen molar-refractivity contribution in [3.05, 3.63) is 39.7 Å². The zero-order chi connectivity index (χ0) is 13.7. The Hall–Kier alpha value is -2.22. The lowest BCUT2D eigenvalue weighted by atomic mass is 10.1. The molecule has 1 aromatic carbocycles. The summed E-state index contributed by atoms with van der Waals surface area (Å²) in [6.45, 7) is -0.389. The molecule has 0 fully saturated rings. The molecule has 1 rings (SSSR count). The Morgan fingerprint density at radius 2 is 2.28 bits per heavy atom. The Kier molecular flexibility index (Phi) is 4.55. The third kappa shape index (κ3) is 3.39. The summed E-state index contributed by atoms with van der Waals surface area (Å²) in [5, 5.41) is 19.4. The summed E-state index contributed by atoms with van der Waals surface area (Å²) < 4.78 is 18.1. The van der Waals surface area contributed by atoms with E-state index in [1.165, 1.54) is 0 Å². The van der Waals surface area contributed by atoms with Crippen LogP contribution < -0.4 is 5.73 Å². The average Bonchev–Trinajstić information content (AvgIpc) is 2.28. The molecular weight excluding hydrogens is 247 g/mol. The number of carbonyl (C=O) groups excluding carboxylic acids is 1. The second-order valence-corrected chi connectivity index (χ2v) is 3.40. The quantitative estimate of drug-likeness (QED) is 0.609. The molecule has 0 saturated heterocycles. The fraction of sp³-hybridized carbons (Fsp3) is 0.300. The third-order valence-corrected chi connectivity index (χ3v) is 2.19. The second kappa shape index (κ2) is 5.92. The van der Waals surface area contributed by atoms with Gasteiger partial charge in [-0.05, 0) is 6.07 Å². The second-order valence-electron chi connectivity index (χ2n) is 3.40. The van der Waals surface area contributed by atoms with E-state index in [-0.39, 0.29) is 24.3 Å². The first-order chi connectivity index (χ1) is 8.45. The molecule has 0 radical (unpaired) electrons. The third-order valence-electron chi connectivity index (χ3n) is 2.19. The summed E-state index contributed by atoms with van der Waals surface area (Å²) >= 11 is 0. The molecule has 1 aromatic rings. The fourth-order valence-electron chi connectivity index (χ4n) is 1.43. The van der Waals surface area contributed by atoms with Crippen molar-refractivity contribution in [3.8, 4) is 0 Å². The van der Waals surface area contributed by atoms with Crippen LogP contribution in [-0.2, 0) is 4.74 Å². The summed E-state index contributed by atoms with van der Waals surface area (Å²) in [5.41, 5.74) is 4.27. The van der Waals surface area contributed by atoms with E-state index in [2.05, 4.69) is 4.74 Å². The first-order valence-electron chi connectivity index (χ1n) is 4.96. The van der Waals surface area contributed by atoms with E-state index in [0.717, 1.165) is 18.2 Å². The Morgan fingerprint density at radius 1 is 1.61 bits per heavy atom. The summed E-state index contributed by atoms with van der Waals surface area (Å²) in [6, 6.07) is 2.82. The average molecular weight is 258 g/mol. The number of nitro benzene ring substituents is 1. The Bertz CT molecular complexity index is 466. The van der Waals surface area contributed by atoms with Gasteiger partial charge in [0.25, 0.3) is 5.69 Å². The lowest BCUT2D eigenvalue weighted by molar-refractivity contribution is -0.385. The largest absolute Gasteiger partial charge is 0.441 e. The lowest BCUT2D eigenvalue weighted by Crippen LogP contribution is -2.19. The van der Waals surface area contributed by atoms with Gasteiger partial charge >= 0.3 is 6.09 Å². The maximum Gasteiger partial charge on any atom is 0.405 e. The number of primary amides is 1. The van der Waals surface area contributed by atoms with E-state index in [0.29, 0.717) is 0 Å². The molecule has 0 aliphatic carbocycles. The molecule has 8 heteroatoms. The zero-order valence-corrected chi connectivity index (χ0v) is 9.21. The van der Waals surface area contributed by atoms with Crippen LogP contribution in [0.15, 0.2) is 18.2 Å². The van der Waals surface area contributed by atoms with Gasteiger partial charge in [0.15, 0.2) is 0 Å². The molecule has 7 nitrogen and oxygen atoms in total. The van der Waals surface area contributed by atoms with Gasteiger partial charge in [-0.3, -0.25) is 10.1 Å². The Morgan fingerprint density at radius 3 is 2.78 bits per heavy atom. The smallest absolute Gasteiger partial charge is 0.405 e. The van der Waals surface area contributed by atoms with E-state index in [1.54, 1.807) is 0 Å². The molecule has 18 heavy (non-hydrogen) atoms. The van der Waals surface area contributed by atoms with E-state index in [4.69, 9.17) is 10.8 Å². The van der Waals surface area contributed by atoms with E-state index in [9.17, 15) is 19.3 Å². The van der Waals surface area contributed by atoms with Gasteiger partial charge in [0.1, 0.15) is 11.9 Å². The molecule has 0 saturated carbocycles. The number of hydrogen-bond acceptors (Lipinski definition) is 5. The lowest BCUT2D eigenvalue weighted by Gasteiger charge is -2.16. The molecule has 0 aromatic heterocycles. The number of nitrogens with zero attached hydrogens (tertiary/aromatic N) is 1.